The standard InChI is InChI=1S/C17H19N5O5S/c1-26-8-2-4-9(5-3-8)28-17-21-11-14(18)19-7-20-15(11)22(17)16-13(25)12(24)10(6-23)27-16/h2-5,7,10,12-13,16,23-25H,6H2,1H3,(H2,18,19,20)/t10-,12-,13-,16-/m1/s1. The van der Waals surface area contributed by atoms with E-state index in [1.54, 1.807) is 11.7 Å². The molecule has 0 aliphatic carbocycles. The van der Waals surface area contributed by atoms with Crippen LogP contribution in [0.2, 0.25) is 0 Å². The molecule has 1 aliphatic heterocycles. The first kappa shape index (κ1) is 18.9. The van der Waals surface area contributed by atoms with Crippen LogP contribution in [0.4, 0.5) is 5.82 Å². The van der Waals surface area contributed by atoms with Gasteiger partial charge in [0.05, 0.1) is 13.7 Å². The number of benzene rings is 1. The quantitative estimate of drug-likeness (QED) is 0.463. The first-order valence-electron chi connectivity index (χ1n) is 8.46. The molecule has 148 valence electrons. The molecule has 10 nitrogen and oxygen atoms in total. The highest BCUT2D eigenvalue weighted by Crippen LogP contribution is 2.38. The van der Waals surface area contributed by atoms with E-state index in [0.29, 0.717) is 16.3 Å². The first-order valence-corrected chi connectivity index (χ1v) is 9.28. The lowest BCUT2D eigenvalue weighted by Crippen LogP contribution is -2.33. The maximum absolute atomic E-state index is 10.5. The summed E-state index contributed by atoms with van der Waals surface area (Å²) in [4.78, 5) is 13.6. The molecule has 1 fully saturated rings. The van der Waals surface area contributed by atoms with E-state index in [1.807, 2.05) is 24.3 Å². The smallest absolute Gasteiger partial charge is 0.177 e. The molecule has 0 radical (unpaired) electrons. The van der Waals surface area contributed by atoms with Crippen molar-refractivity contribution in [2.75, 3.05) is 19.5 Å². The summed E-state index contributed by atoms with van der Waals surface area (Å²) >= 11 is 1.30. The Morgan fingerprint density at radius 2 is 1.96 bits per heavy atom. The number of nitrogens with two attached hydrogens (primary N) is 1. The zero-order chi connectivity index (χ0) is 19.8. The summed E-state index contributed by atoms with van der Waals surface area (Å²) in [6.45, 7) is -0.431. The summed E-state index contributed by atoms with van der Waals surface area (Å²) in [5.41, 5.74) is 6.66. The Labute approximate surface area is 164 Å². The summed E-state index contributed by atoms with van der Waals surface area (Å²) < 4.78 is 12.4. The molecule has 0 bridgehead atoms. The minimum atomic E-state index is -1.28. The van der Waals surface area contributed by atoms with Crippen LogP contribution < -0.4 is 10.5 Å². The van der Waals surface area contributed by atoms with Gasteiger partial charge in [-0.15, -0.1) is 0 Å². The zero-order valence-electron chi connectivity index (χ0n) is 14.8. The largest absolute Gasteiger partial charge is 0.497 e. The van der Waals surface area contributed by atoms with Crippen LogP contribution >= 0.6 is 11.8 Å². The number of nitrogens with zero attached hydrogens (tertiary/aromatic N) is 4. The third-order valence-corrected chi connectivity index (χ3v) is 5.49. The van der Waals surface area contributed by atoms with Crippen molar-refractivity contribution >= 4 is 28.7 Å². The van der Waals surface area contributed by atoms with Crippen molar-refractivity contribution in [1.29, 1.82) is 0 Å². The average molecular weight is 405 g/mol. The zero-order valence-corrected chi connectivity index (χ0v) is 15.7. The lowest BCUT2D eigenvalue weighted by molar-refractivity contribution is -0.0548. The monoisotopic (exact) mass is 405 g/mol. The molecule has 0 spiro atoms. The maximum Gasteiger partial charge on any atom is 0.177 e. The molecule has 3 heterocycles. The average Bonchev–Trinajstić information content (AvgIpc) is 3.21. The molecule has 0 unspecified atom stereocenters. The fourth-order valence-electron chi connectivity index (χ4n) is 3.05. The van der Waals surface area contributed by atoms with Gasteiger partial charge >= 0.3 is 0 Å². The van der Waals surface area contributed by atoms with Gasteiger partial charge in [0.1, 0.15) is 30.4 Å². The molecule has 3 aromatic rings. The third kappa shape index (κ3) is 3.16. The number of aliphatic hydroxyl groups excluding tert-OH is 3. The van der Waals surface area contributed by atoms with Crippen LogP contribution in [-0.2, 0) is 4.74 Å². The Bertz CT molecular complexity index is 982. The van der Waals surface area contributed by atoms with E-state index in [9.17, 15) is 15.3 Å². The van der Waals surface area contributed by atoms with Crippen molar-refractivity contribution in [3.63, 3.8) is 0 Å². The molecule has 1 aliphatic rings. The molecule has 11 heteroatoms. The Kier molecular flexibility index (Phi) is 5.08. The number of methoxy groups -OCH3 is 1. The molecule has 28 heavy (non-hydrogen) atoms. The van der Waals surface area contributed by atoms with E-state index in [2.05, 4.69) is 15.0 Å². The van der Waals surface area contributed by atoms with Crippen molar-refractivity contribution in [3.05, 3.63) is 30.6 Å². The van der Waals surface area contributed by atoms with E-state index in [1.165, 1.54) is 18.1 Å². The summed E-state index contributed by atoms with van der Waals surface area (Å²) in [5, 5.41) is 30.5. The number of nitrogen functional groups attached to an aromatic ring is 1. The fourth-order valence-corrected chi connectivity index (χ4v) is 3.96. The Balaban J connectivity index is 1.79. The number of hydrogen-bond donors (Lipinski definition) is 4. The molecule has 0 saturated carbocycles. The number of ether oxygens (including phenoxy) is 2. The lowest BCUT2D eigenvalue weighted by atomic mass is 10.1. The van der Waals surface area contributed by atoms with Gasteiger partial charge in [-0.3, -0.25) is 4.57 Å². The van der Waals surface area contributed by atoms with Gasteiger partial charge in [-0.1, -0.05) is 11.8 Å². The number of aromatic nitrogens is 4. The van der Waals surface area contributed by atoms with Crippen molar-refractivity contribution in [2.24, 2.45) is 0 Å². The van der Waals surface area contributed by atoms with E-state index in [0.717, 1.165) is 10.6 Å². The predicted molar refractivity (Wildman–Crippen MR) is 99.9 cm³/mol. The van der Waals surface area contributed by atoms with Gasteiger partial charge < -0.3 is 30.5 Å². The Hall–Kier alpha value is -2.44. The molecular weight excluding hydrogens is 386 g/mol. The number of fused-ring (bicyclic) bond motifs is 1. The lowest BCUT2D eigenvalue weighted by Gasteiger charge is -2.19. The second-order valence-electron chi connectivity index (χ2n) is 6.20. The molecule has 2 aromatic heterocycles. The maximum atomic E-state index is 10.5. The molecule has 4 atom stereocenters. The van der Waals surface area contributed by atoms with Crippen LogP contribution in [0.5, 0.6) is 5.75 Å². The number of rotatable bonds is 5. The third-order valence-electron chi connectivity index (χ3n) is 4.51. The van der Waals surface area contributed by atoms with Crippen LogP contribution in [0, 0.1) is 0 Å². The fraction of sp³-hybridized carbons (Fsp3) is 0.353. The van der Waals surface area contributed by atoms with Gasteiger partial charge in [0, 0.05) is 4.90 Å². The molecule has 1 saturated heterocycles. The van der Waals surface area contributed by atoms with Crippen LogP contribution in [0.15, 0.2) is 40.6 Å². The van der Waals surface area contributed by atoms with Crippen molar-refractivity contribution in [1.82, 2.24) is 19.5 Å². The predicted octanol–water partition coefficient (Wildman–Crippen LogP) is 0.180. The van der Waals surface area contributed by atoms with Gasteiger partial charge in [-0.2, -0.15) is 0 Å². The van der Waals surface area contributed by atoms with Crippen LogP contribution in [0.3, 0.4) is 0 Å². The Morgan fingerprint density at radius 1 is 1.21 bits per heavy atom. The van der Waals surface area contributed by atoms with Gasteiger partial charge in [0.15, 0.2) is 28.4 Å². The SMILES string of the molecule is COc1ccc(Sc2nc3c(N)ncnc3n2[C@@H]2O[C@H](CO)[C@@H](O)[C@H]2O)cc1. The van der Waals surface area contributed by atoms with Crippen LogP contribution in [0.25, 0.3) is 11.2 Å². The number of imidazole rings is 1. The van der Waals surface area contributed by atoms with Gasteiger partial charge in [0.2, 0.25) is 0 Å². The van der Waals surface area contributed by atoms with Crippen molar-refractivity contribution in [2.45, 2.75) is 34.6 Å². The summed E-state index contributed by atoms with van der Waals surface area (Å²) in [5.74, 6) is 0.906. The van der Waals surface area contributed by atoms with E-state index in [4.69, 9.17) is 15.2 Å². The second kappa shape index (κ2) is 7.53. The normalized spacial score (nSPS) is 24.7. The van der Waals surface area contributed by atoms with Crippen LogP contribution in [-0.4, -0.2) is 66.9 Å². The van der Waals surface area contributed by atoms with E-state index >= 15 is 0 Å². The minimum absolute atomic E-state index is 0.187. The van der Waals surface area contributed by atoms with Gasteiger partial charge in [-0.25, -0.2) is 15.0 Å². The topological polar surface area (TPSA) is 149 Å². The van der Waals surface area contributed by atoms with Gasteiger partial charge in [-0.05, 0) is 24.3 Å². The molecular formula is C17H19N5O5S. The number of anilines is 1. The van der Waals surface area contributed by atoms with E-state index < -0.39 is 31.1 Å². The highest BCUT2D eigenvalue weighted by molar-refractivity contribution is 7.99. The first-order chi connectivity index (χ1) is 13.5. The highest BCUT2D eigenvalue weighted by Gasteiger charge is 2.45. The minimum Gasteiger partial charge on any atom is -0.497 e. The molecule has 4 rings (SSSR count). The molecule has 5 N–H and O–H groups in total. The summed E-state index contributed by atoms with van der Waals surface area (Å²) in [6.07, 6.45) is -3.15. The number of hydrogen-bond acceptors (Lipinski definition) is 10. The molecule has 1 aromatic carbocycles. The van der Waals surface area contributed by atoms with E-state index in [-0.39, 0.29) is 5.82 Å². The Morgan fingerprint density at radius 3 is 2.61 bits per heavy atom. The van der Waals surface area contributed by atoms with Crippen molar-refractivity contribution in [3.8, 4) is 5.75 Å². The highest BCUT2D eigenvalue weighted by atomic mass is 32.2. The van der Waals surface area contributed by atoms with Crippen molar-refractivity contribution < 1.29 is 24.8 Å². The van der Waals surface area contributed by atoms with Crippen LogP contribution in [0.1, 0.15) is 6.23 Å². The molecule has 0 amide bonds. The second-order valence-corrected chi connectivity index (χ2v) is 7.24. The summed E-state index contributed by atoms with van der Waals surface area (Å²) in [6, 6.07) is 7.35. The van der Waals surface area contributed by atoms with Gasteiger partial charge in [0.25, 0.3) is 0 Å². The number of aliphatic hydroxyl groups is 3. The summed E-state index contributed by atoms with van der Waals surface area (Å²) in [7, 11) is 1.59.